The highest BCUT2D eigenvalue weighted by atomic mass is 32.1. The van der Waals surface area contributed by atoms with Gasteiger partial charge in [-0.05, 0) is 63.1 Å². The summed E-state index contributed by atoms with van der Waals surface area (Å²) in [6.45, 7) is 8.47. The van der Waals surface area contributed by atoms with Crippen molar-refractivity contribution in [2.45, 2.75) is 34.3 Å². The van der Waals surface area contributed by atoms with E-state index in [2.05, 4.69) is 29.4 Å². The average Bonchev–Trinajstić information content (AvgIpc) is 3.02. The summed E-state index contributed by atoms with van der Waals surface area (Å²) in [5, 5.41) is 5.95. The van der Waals surface area contributed by atoms with E-state index in [1.165, 1.54) is 5.56 Å². The quantitative estimate of drug-likeness (QED) is 0.674. The summed E-state index contributed by atoms with van der Waals surface area (Å²) in [6, 6.07) is 11.3. The third-order valence-electron chi connectivity index (χ3n) is 4.06. The molecule has 1 heterocycles. The van der Waals surface area contributed by atoms with E-state index in [0.29, 0.717) is 12.2 Å². The van der Waals surface area contributed by atoms with Crippen LogP contribution in [0.25, 0.3) is 0 Å². The number of carbonyl (C=O) groups is 1. The van der Waals surface area contributed by atoms with Gasteiger partial charge in [-0.3, -0.25) is 4.79 Å². The van der Waals surface area contributed by atoms with E-state index in [9.17, 15) is 4.79 Å². The summed E-state index contributed by atoms with van der Waals surface area (Å²) in [4.78, 5) is 16.9. The highest BCUT2D eigenvalue weighted by Crippen LogP contribution is 2.23. The summed E-state index contributed by atoms with van der Waals surface area (Å²) in [5.74, 6) is 0.597. The zero-order valence-electron chi connectivity index (χ0n) is 15.4. The summed E-state index contributed by atoms with van der Waals surface area (Å²) >= 11 is 1.58. The lowest BCUT2D eigenvalue weighted by atomic mass is 10.0. The first-order valence-electron chi connectivity index (χ1n) is 8.45. The molecular weight excluding hydrogens is 344 g/mol. The normalized spacial score (nSPS) is 10.6. The van der Waals surface area contributed by atoms with Crippen molar-refractivity contribution in [1.82, 2.24) is 4.98 Å². The Labute approximate surface area is 157 Å². The molecule has 3 aromatic rings. The van der Waals surface area contributed by atoms with Gasteiger partial charge in [-0.15, -0.1) is 11.3 Å². The molecule has 1 aromatic heterocycles. The van der Waals surface area contributed by atoms with Crippen molar-refractivity contribution in [2.75, 3.05) is 5.32 Å². The number of rotatable bonds is 5. The van der Waals surface area contributed by atoms with Crippen molar-refractivity contribution in [3.63, 3.8) is 0 Å². The van der Waals surface area contributed by atoms with Gasteiger partial charge in [0.25, 0.3) is 5.91 Å². The molecule has 0 unspecified atom stereocenters. The second kappa shape index (κ2) is 7.70. The topological polar surface area (TPSA) is 51.2 Å². The number of nitrogens with one attached hydrogen (secondary N) is 1. The van der Waals surface area contributed by atoms with E-state index in [-0.39, 0.29) is 5.91 Å². The molecule has 0 aliphatic rings. The number of nitrogens with zero attached hydrogens (tertiary/aromatic N) is 1. The van der Waals surface area contributed by atoms with Crippen LogP contribution in [0.5, 0.6) is 5.75 Å². The number of carbonyl (C=O) groups excluding carboxylic acids is 1. The van der Waals surface area contributed by atoms with Crippen molar-refractivity contribution in [1.29, 1.82) is 0 Å². The molecule has 0 radical (unpaired) electrons. The van der Waals surface area contributed by atoms with Gasteiger partial charge in [-0.2, -0.15) is 0 Å². The van der Waals surface area contributed by atoms with Gasteiger partial charge in [-0.1, -0.05) is 17.7 Å². The van der Waals surface area contributed by atoms with Gasteiger partial charge in [0.15, 0.2) is 0 Å². The Morgan fingerprint density at radius 3 is 2.31 bits per heavy atom. The summed E-state index contributed by atoms with van der Waals surface area (Å²) in [5.41, 5.74) is 5.79. The Balaban J connectivity index is 1.65. The van der Waals surface area contributed by atoms with E-state index < -0.39 is 0 Å². The Morgan fingerprint density at radius 1 is 1.08 bits per heavy atom. The lowest BCUT2D eigenvalue weighted by Crippen LogP contribution is -2.13. The van der Waals surface area contributed by atoms with Crippen LogP contribution in [-0.2, 0) is 6.61 Å². The molecule has 0 saturated carbocycles. The van der Waals surface area contributed by atoms with Crippen LogP contribution in [0, 0.1) is 27.7 Å². The molecule has 1 amide bonds. The van der Waals surface area contributed by atoms with E-state index in [1.807, 2.05) is 38.3 Å². The molecule has 5 heteroatoms. The number of amides is 1. The van der Waals surface area contributed by atoms with E-state index in [0.717, 1.165) is 33.3 Å². The lowest BCUT2D eigenvalue weighted by Gasteiger charge is -2.13. The first kappa shape index (κ1) is 18.1. The standard InChI is InChI=1S/C21H22N2O2S/c1-13-9-14(2)20(15(3)10-13)23-21(24)17-5-7-18(8-6-17)25-11-19-22-16(4)12-26-19/h5-10,12H,11H2,1-4H3,(H,23,24). The molecule has 134 valence electrons. The number of anilines is 1. The number of ether oxygens (including phenoxy) is 1. The van der Waals surface area contributed by atoms with Crippen LogP contribution in [0.2, 0.25) is 0 Å². The molecule has 0 aliphatic carbocycles. The molecule has 0 atom stereocenters. The largest absolute Gasteiger partial charge is 0.486 e. The first-order valence-corrected chi connectivity index (χ1v) is 9.33. The zero-order chi connectivity index (χ0) is 18.7. The van der Waals surface area contributed by atoms with Crippen molar-refractivity contribution >= 4 is 22.9 Å². The van der Waals surface area contributed by atoms with Crippen LogP contribution in [0.3, 0.4) is 0 Å². The van der Waals surface area contributed by atoms with Crippen molar-refractivity contribution < 1.29 is 9.53 Å². The molecule has 4 nitrogen and oxygen atoms in total. The van der Waals surface area contributed by atoms with Gasteiger partial charge in [0.2, 0.25) is 0 Å². The second-order valence-electron chi connectivity index (χ2n) is 6.42. The Hall–Kier alpha value is -2.66. The van der Waals surface area contributed by atoms with E-state index in [1.54, 1.807) is 23.5 Å². The summed E-state index contributed by atoms with van der Waals surface area (Å²) in [6.07, 6.45) is 0. The van der Waals surface area contributed by atoms with Crippen molar-refractivity contribution in [2.24, 2.45) is 0 Å². The number of hydrogen-bond donors (Lipinski definition) is 1. The number of aryl methyl sites for hydroxylation is 4. The number of thiazole rings is 1. The maximum atomic E-state index is 12.5. The fourth-order valence-electron chi connectivity index (χ4n) is 2.88. The Bertz CT molecular complexity index is 906. The molecule has 0 saturated heterocycles. The fourth-order valence-corrected chi connectivity index (χ4v) is 3.56. The highest BCUT2D eigenvalue weighted by Gasteiger charge is 2.11. The fraction of sp³-hybridized carbons (Fsp3) is 0.238. The minimum absolute atomic E-state index is 0.123. The van der Waals surface area contributed by atoms with Crippen LogP contribution in [0.15, 0.2) is 41.8 Å². The van der Waals surface area contributed by atoms with Crippen molar-refractivity contribution in [3.8, 4) is 5.75 Å². The number of aromatic nitrogens is 1. The Kier molecular flexibility index (Phi) is 5.38. The predicted octanol–water partition coefficient (Wildman–Crippen LogP) is 5.21. The van der Waals surface area contributed by atoms with E-state index >= 15 is 0 Å². The molecule has 3 rings (SSSR count). The summed E-state index contributed by atoms with van der Waals surface area (Å²) < 4.78 is 5.73. The SMILES string of the molecule is Cc1cc(C)c(NC(=O)c2ccc(OCc3nc(C)cs3)cc2)c(C)c1. The maximum Gasteiger partial charge on any atom is 0.255 e. The minimum atomic E-state index is -0.123. The third kappa shape index (κ3) is 4.29. The third-order valence-corrected chi connectivity index (χ3v) is 5.00. The van der Waals surface area contributed by atoms with Crippen LogP contribution >= 0.6 is 11.3 Å². The van der Waals surface area contributed by atoms with Gasteiger partial charge in [0, 0.05) is 22.3 Å². The zero-order valence-corrected chi connectivity index (χ0v) is 16.2. The van der Waals surface area contributed by atoms with Crippen LogP contribution in [-0.4, -0.2) is 10.9 Å². The molecule has 1 N–H and O–H groups in total. The number of benzene rings is 2. The monoisotopic (exact) mass is 366 g/mol. The van der Waals surface area contributed by atoms with Gasteiger partial charge in [-0.25, -0.2) is 4.98 Å². The van der Waals surface area contributed by atoms with Gasteiger partial charge in [0.1, 0.15) is 17.4 Å². The predicted molar refractivity (Wildman–Crippen MR) is 106 cm³/mol. The van der Waals surface area contributed by atoms with Crippen LogP contribution < -0.4 is 10.1 Å². The molecule has 0 aliphatic heterocycles. The molecule has 0 bridgehead atoms. The smallest absolute Gasteiger partial charge is 0.255 e. The molecule has 2 aromatic carbocycles. The van der Waals surface area contributed by atoms with Crippen LogP contribution in [0.1, 0.15) is 37.7 Å². The minimum Gasteiger partial charge on any atom is -0.486 e. The Morgan fingerprint density at radius 2 is 1.73 bits per heavy atom. The van der Waals surface area contributed by atoms with E-state index in [4.69, 9.17) is 4.74 Å². The molecule has 0 spiro atoms. The molecule has 26 heavy (non-hydrogen) atoms. The van der Waals surface area contributed by atoms with Gasteiger partial charge >= 0.3 is 0 Å². The number of hydrogen-bond acceptors (Lipinski definition) is 4. The molecule has 0 fully saturated rings. The first-order chi connectivity index (χ1) is 12.4. The van der Waals surface area contributed by atoms with Gasteiger partial charge < -0.3 is 10.1 Å². The maximum absolute atomic E-state index is 12.5. The van der Waals surface area contributed by atoms with Crippen LogP contribution in [0.4, 0.5) is 5.69 Å². The van der Waals surface area contributed by atoms with Gasteiger partial charge in [0.05, 0.1) is 0 Å². The lowest BCUT2D eigenvalue weighted by molar-refractivity contribution is 0.102. The average molecular weight is 366 g/mol. The summed E-state index contributed by atoms with van der Waals surface area (Å²) in [7, 11) is 0. The molecular formula is C21H22N2O2S. The highest BCUT2D eigenvalue weighted by molar-refractivity contribution is 7.09. The van der Waals surface area contributed by atoms with Crippen molar-refractivity contribution in [3.05, 3.63) is 74.7 Å². The second-order valence-corrected chi connectivity index (χ2v) is 7.37.